The highest BCUT2D eigenvalue weighted by Crippen LogP contribution is 2.13. The SMILES string of the molecule is CC(C)NC(=O)Nc1cccc(C(=O)O[C@@H](C)CCn2cccn2)c1. The number of nitrogens with zero attached hydrogens (tertiary/aromatic N) is 2. The Labute approximate surface area is 147 Å². The third-order valence-corrected chi connectivity index (χ3v) is 3.41. The maximum absolute atomic E-state index is 12.3. The summed E-state index contributed by atoms with van der Waals surface area (Å²) in [5, 5.41) is 9.54. The molecule has 134 valence electrons. The van der Waals surface area contributed by atoms with Gasteiger partial charge in [0, 0.05) is 37.1 Å². The van der Waals surface area contributed by atoms with Gasteiger partial charge in [0.2, 0.25) is 0 Å². The number of rotatable bonds is 7. The zero-order valence-electron chi connectivity index (χ0n) is 14.7. The van der Waals surface area contributed by atoms with Crippen molar-refractivity contribution in [2.75, 3.05) is 5.32 Å². The number of benzene rings is 1. The van der Waals surface area contributed by atoms with Gasteiger partial charge in [0.15, 0.2) is 0 Å². The third kappa shape index (κ3) is 6.29. The minimum atomic E-state index is -0.416. The van der Waals surface area contributed by atoms with Gasteiger partial charge in [0.25, 0.3) is 0 Å². The minimum Gasteiger partial charge on any atom is -0.459 e. The van der Waals surface area contributed by atoms with E-state index in [0.29, 0.717) is 24.2 Å². The van der Waals surface area contributed by atoms with Gasteiger partial charge in [-0.1, -0.05) is 6.07 Å². The number of esters is 1. The summed E-state index contributed by atoms with van der Waals surface area (Å²) in [6.45, 7) is 6.27. The van der Waals surface area contributed by atoms with Gasteiger partial charge in [-0.3, -0.25) is 4.68 Å². The summed E-state index contributed by atoms with van der Waals surface area (Å²) in [5.41, 5.74) is 0.935. The van der Waals surface area contributed by atoms with Crippen LogP contribution < -0.4 is 10.6 Å². The summed E-state index contributed by atoms with van der Waals surface area (Å²) in [7, 11) is 0. The third-order valence-electron chi connectivity index (χ3n) is 3.41. The molecule has 2 amide bonds. The Balaban J connectivity index is 1.88. The molecule has 0 radical (unpaired) electrons. The molecular formula is C18H24N4O3. The number of urea groups is 1. The van der Waals surface area contributed by atoms with Gasteiger partial charge in [-0.05, 0) is 45.0 Å². The number of amides is 2. The van der Waals surface area contributed by atoms with Gasteiger partial charge in [0.05, 0.1) is 5.56 Å². The van der Waals surface area contributed by atoms with E-state index in [0.717, 1.165) is 0 Å². The number of hydrogen-bond acceptors (Lipinski definition) is 4. The van der Waals surface area contributed by atoms with Crippen LogP contribution in [0.1, 0.15) is 37.6 Å². The van der Waals surface area contributed by atoms with Crippen LogP contribution >= 0.6 is 0 Å². The molecule has 7 heteroatoms. The second-order valence-corrected chi connectivity index (χ2v) is 6.11. The zero-order valence-corrected chi connectivity index (χ0v) is 14.7. The first-order valence-electron chi connectivity index (χ1n) is 8.30. The van der Waals surface area contributed by atoms with E-state index in [1.54, 1.807) is 35.1 Å². The molecule has 0 saturated heterocycles. The van der Waals surface area contributed by atoms with Gasteiger partial charge in [-0.25, -0.2) is 9.59 Å². The maximum Gasteiger partial charge on any atom is 0.338 e. The van der Waals surface area contributed by atoms with Crippen molar-refractivity contribution < 1.29 is 14.3 Å². The number of carbonyl (C=O) groups is 2. The second kappa shape index (κ2) is 8.86. The van der Waals surface area contributed by atoms with Crippen LogP contribution in [-0.4, -0.2) is 33.9 Å². The van der Waals surface area contributed by atoms with Crippen LogP contribution in [0.15, 0.2) is 42.7 Å². The number of anilines is 1. The Morgan fingerprint density at radius 1 is 1.24 bits per heavy atom. The minimum absolute atomic E-state index is 0.0313. The number of hydrogen-bond donors (Lipinski definition) is 2. The number of aromatic nitrogens is 2. The molecule has 1 aromatic heterocycles. The van der Waals surface area contributed by atoms with E-state index >= 15 is 0 Å². The van der Waals surface area contributed by atoms with E-state index in [9.17, 15) is 9.59 Å². The first-order valence-corrected chi connectivity index (χ1v) is 8.30. The molecule has 2 aromatic rings. The van der Waals surface area contributed by atoms with Crippen LogP contribution in [-0.2, 0) is 11.3 Å². The number of carbonyl (C=O) groups excluding carboxylic acids is 2. The van der Waals surface area contributed by atoms with E-state index in [4.69, 9.17) is 4.74 Å². The topological polar surface area (TPSA) is 85.3 Å². The van der Waals surface area contributed by atoms with Crippen molar-refractivity contribution >= 4 is 17.7 Å². The summed E-state index contributed by atoms with van der Waals surface area (Å²) in [4.78, 5) is 24.0. The predicted octanol–water partition coefficient (Wildman–Crippen LogP) is 3.05. The van der Waals surface area contributed by atoms with Gasteiger partial charge in [0.1, 0.15) is 6.10 Å². The molecule has 0 bridgehead atoms. The molecule has 1 aromatic carbocycles. The van der Waals surface area contributed by atoms with Gasteiger partial charge >= 0.3 is 12.0 Å². The van der Waals surface area contributed by atoms with Crippen molar-refractivity contribution in [2.24, 2.45) is 0 Å². The van der Waals surface area contributed by atoms with E-state index < -0.39 is 5.97 Å². The fourth-order valence-corrected chi connectivity index (χ4v) is 2.21. The molecule has 0 aliphatic carbocycles. The molecule has 7 nitrogen and oxygen atoms in total. The Bertz CT molecular complexity index is 698. The summed E-state index contributed by atoms with van der Waals surface area (Å²) in [6.07, 6.45) is 4.01. The van der Waals surface area contributed by atoms with Gasteiger partial charge < -0.3 is 15.4 Å². The molecule has 1 atom stereocenters. The largest absolute Gasteiger partial charge is 0.459 e. The molecule has 2 rings (SSSR count). The maximum atomic E-state index is 12.3. The Hall–Kier alpha value is -2.83. The molecule has 2 N–H and O–H groups in total. The lowest BCUT2D eigenvalue weighted by atomic mass is 10.2. The Morgan fingerprint density at radius 3 is 2.72 bits per heavy atom. The van der Waals surface area contributed by atoms with E-state index in [1.807, 2.05) is 33.0 Å². The smallest absolute Gasteiger partial charge is 0.338 e. The van der Waals surface area contributed by atoms with Crippen LogP contribution in [0.5, 0.6) is 0 Å². The van der Waals surface area contributed by atoms with Crippen molar-refractivity contribution in [1.82, 2.24) is 15.1 Å². The van der Waals surface area contributed by atoms with Crippen molar-refractivity contribution in [3.8, 4) is 0 Å². The van der Waals surface area contributed by atoms with E-state index in [-0.39, 0.29) is 18.2 Å². The highest BCUT2D eigenvalue weighted by Gasteiger charge is 2.13. The fourth-order valence-electron chi connectivity index (χ4n) is 2.21. The Kier molecular flexibility index (Phi) is 6.56. The van der Waals surface area contributed by atoms with E-state index in [2.05, 4.69) is 15.7 Å². The lowest BCUT2D eigenvalue weighted by molar-refractivity contribution is 0.0314. The molecule has 0 saturated carbocycles. The highest BCUT2D eigenvalue weighted by molar-refractivity contribution is 5.94. The number of aryl methyl sites for hydroxylation is 1. The normalized spacial score (nSPS) is 11.8. The summed E-state index contributed by atoms with van der Waals surface area (Å²) >= 11 is 0. The van der Waals surface area contributed by atoms with Crippen LogP contribution in [0.4, 0.5) is 10.5 Å². The number of nitrogens with one attached hydrogen (secondary N) is 2. The lowest BCUT2D eigenvalue weighted by Crippen LogP contribution is -2.34. The standard InChI is InChI=1S/C18H24N4O3/c1-13(2)20-18(24)21-16-7-4-6-15(12-16)17(23)25-14(3)8-11-22-10-5-9-19-22/h4-7,9-10,12-14H,8,11H2,1-3H3,(H2,20,21,24)/t14-/m0/s1. The van der Waals surface area contributed by atoms with Crippen LogP contribution in [0.3, 0.4) is 0 Å². The van der Waals surface area contributed by atoms with Crippen molar-refractivity contribution in [3.63, 3.8) is 0 Å². The predicted molar refractivity (Wildman–Crippen MR) is 95.5 cm³/mol. The quantitative estimate of drug-likeness (QED) is 0.756. The van der Waals surface area contributed by atoms with Crippen molar-refractivity contribution in [2.45, 2.75) is 45.9 Å². The highest BCUT2D eigenvalue weighted by atomic mass is 16.5. The zero-order chi connectivity index (χ0) is 18.2. The number of ether oxygens (including phenoxy) is 1. The monoisotopic (exact) mass is 344 g/mol. The molecular weight excluding hydrogens is 320 g/mol. The first kappa shape index (κ1) is 18.5. The van der Waals surface area contributed by atoms with Crippen molar-refractivity contribution in [3.05, 3.63) is 48.3 Å². The second-order valence-electron chi connectivity index (χ2n) is 6.11. The van der Waals surface area contributed by atoms with Crippen molar-refractivity contribution in [1.29, 1.82) is 0 Å². The van der Waals surface area contributed by atoms with E-state index in [1.165, 1.54) is 0 Å². The van der Waals surface area contributed by atoms with Gasteiger partial charge in [-0.15, -0.1) is 0 Å². The molecule has 0 aliphatic heterocycles. The van der Waals surface area contributed by atoms with Crippen LogP contribution in [0.2, 0.25) is 0 Å². The average molecular weight is 344 g/mol. The lowest BCUT2D eigenvalue weighted by Gasteiger charge is -2.14. The fraction of sp³-hybridized carbons (Fsp3) is 0.389. The molecule has 0 unspecified atom stereocenters. The van der Waals surface area contributed by atoms with Crippen LogP contribution in [0.25, 0.3) is 0 Å². The summed E-state index contributed by atoms with van der Waals surface area (Å²) in [6, 6.07) is 8.26. The molecule has 1 heterocycles. The summed E-state index contributed by atoms with van der Waals surface area (Å²) in [5.74, 6) is -0.416. The average Bonchev–Trinajstić information content (AvgIpc) is 3.05. The molecule has 0 fully saturated rings. The van der Waals surface area contributed by atoms with Crippen LogP contribution in [0, 0.1) is 0 Å². The first-order chi connectivity index (χ1) is 11.9. The van der Waals surface area contributed by atoms with Gasteiger partial charge in [-0.2, -0.15) is 5.10 Å². The molecule has 0 aliphatic rings. The molecule has 0 spiro atoms. The molecule has 25 heavy (non-hydrogen) atoms. The Morgan fingerprint density at radius 2 is 2.04 bits per heavy atom. The summed E-state index contributed by atoms with van der Waals surface area (Å²) < 4.78 is 7.24.